The minimum absolute atomic E-state index is 0.0214. The first-order valence-corrected chi connectivity index (χ1v) is 12.0. The second kappa shape index (κ2) is 8.70. The van der Waals surface area contributed by atoms with Gasteiger partial charge < -0.3 is 9.80 Å². The molecule has 0 radical (unpaired) electrons. The largest absolute Gasteiger partial charge is 0.368 e. The van der Waals surface area contributed by atoms with Crippen LogP contribution in [-0.4, -0.2) is 57.7 Å². The van der Waals surface area contributed by atoms with Gasteiger partial charge in [-0.2, -0.15) is 0 Å². The number of nitrogens with zero attached hydrogens (tertiary/aromatic N) is 3. The molecule has 1 amide bonds. The van der Waals surface area contributed by atoms with Crippen molar-refractivity contribution >= 4 is 45.0 Å². The normalized spacial score (nSPS) is 18.9. The molecule has 2 heterocycles. The maximum atomic E-state index is 12.5. The summed E-state index contributed by atoms with van der Waals surface area (Å²) in [5.74, 6) is 0.181. The first-order chi connectivity index (χ1) is 14.4. The smallest absolute Gasteiger partial charge is 0.246 e. The zero-order valence-electron chi connectivity index (χ0n) is 16.6. The van der Waals surface area contributed by atoms with E-state index in [4.69, 9.17) is 11.6 Å². The van der Waals surface area contributed by atoms with Crippen LogP contribution in [0.2, 0.25) is 5.02 Å². The van der Waals surface area contributed by atoms with Crippen molar-refractivity contribution in [3.8, 4) is 0 Å². The molecule has 8 heteroatoms. The predicted octanol–water partition coefficient (Wildman–Crippen LogP) is 3.24. The van der Waals surface area contributed by atoms with E-state index in [9.17, 15) is 13.2 Å². The van der Waals surface area contributed by atoms with Crippen LogP contribution in [-0.2, 0) is 14.8 Å². The number of anilines is 2. The maximum absolute atomic E-state index is 12.5. The highest BCUT2D eigenvalue weighted by molar-refractivity contribution is 7.93. The van der Waals surface area contributed by atoms with E-state index in [2.05, 4.69) is 4.90 Å². The Balaban J connectivity index is 1.33. The third-order valence-corrected chi connectivity index (χ3v) is 7.57. The minimum atomic E-state index is -3.18. The molecule has 2 aromatic rings. The molecule has 0 N–H and O–H groups in total. The zero-order chi connectivity index (χ0) is 21.1. The molecule has 6 nitrogen and oxygen atoms in total. The van der Waals surface area contributed by atoms with Crippen LogP contribution in [0.3, 0.4) is 0 Å². The standard InChI is InChI=1S/C22H24ClN3O3S/c23-19-3-1-4-21(17-19)24-12-14-25(15-13-24)22(27)10-7-18-5-8-20(9-6-18)26-11-2-16-30(26,28)29/h1,3-10,17H,2,11-16H2/b10-7+. The fourth-order valence-electron chi connectivity index (χ4n) is 3.81. The first kappa shape index (κ1) is 20.8. The number of benzene rings is 2. The third-order valence-electron chi connectivity index (χ3n) is 5.46. The van der Waals surface area contributed by atoms with Crippen LogP contribution in [0.25, 0.3) is 6.08 Å². The van der Waals surface area contributed by atoms with Crippen molar-refractivity contribution in [2.24, 2.45) is 0 Å². The Hall–Kier alpha value is -2.51. The number of hydrogen-bond donors (Lipinski definition) is 0. The number of amides is 1. The lowest BCUT2D eigenvalue weighted by atomic mass is 10.2. The van der Waals surface area contributed by atoms with Gasteiger partial charge in [-0.15, -0.1) is 0 Å². The fraction of sp³-hybridized carbons (Fsp3) is 0.318. The summed E-state index contributed by atoms with van der Waals surface area (Å²) in [6.07, 6.45) is 4.01. The van der Waals surface area contributed by atoms with Gasteiger partial charge in [0, 0.05) is 49.5 Å². The molecule has 4 rings (SSSR count). The Labute approximate surface area is 182 Å². The summed E-state index contributed by atoms with van der Waals surface area (Å²) < 4.78 is 25.5. The van der Waals surface area contributed by atoms with Crippen LogP contribution >= 0.6 is 11.6 Å². The lowest BCUT2D eigenvalue weighted by molar-refractivity contribution is -0.126. The molecule has 2 aliphatic rings. The summed E-state index contributed by atoms with van der Waals surface area (Å²) in [6.45, 7) is 3.36. The van der Waals surface area contributed by atoms with E-state index in [1.54, 1.807) is 24.3 Å². The third kappa shape index (κ3) is 4.63. The molecule has 2 fully saturated rings. The van der Waals surface area contributed by atoms with Crippen LogP contribution in [0.15, 0.2) is 54.6 Å². The number of hydrogen-bond acceptors (Lipinski definition) is 4. The number of sulfonamides is 1. The Morgan fingerprint density at radius 1 is 0.933 bits per heavy atom. The summed E-state index contributed by atoms with van der Waals surface area (Å²) in [5.41, 5.74) is 2.61. The molecule has 0 aliphatic carbocycles. The highest BCUT2D eigenvalue weighted by Gasteiger charge is 2.28. The quantitative estimate of drug-likeness (QED) is 0.678. The van der Waals surface area contributed by atoms with Gasteiger partial charge in [-0.25, -0.2) is 8.42 Å². The van der Waals surface area contributed by atoms with Gasteiger partial charge >= 0.3 is 0 Å². The van der Waals surface area contributed by atoms with Gasteiger partial charge in [0.2, 0.25) is 15.9 Å². The lowest BCUT2D eigenvalue weighted by Gasteiger charge is -2.35. The molecule has 0 atom stereocenters. The average Bonchev–Trinajstić information content (AvgIpc) is 3.11. The Kier molecular flexibility index (Phi) is 6.01. The van der Waals surface area contributed by atoms with Crippen molar-refractivity contribution in [2.75, 3.05) is 47.7 Å². The second-order valence-electron chi connectivity index (χ2n) is 7.46. The zero-order valence-corrected chi connectivity index (χ0v) is 18.1. The molecule has 158 valence electrons. The van der Waals surface area contributed by atoms with Gasteiger partial charge in [-0.3, -0.25) is 9.10 Å². The minimum Gasteiger partial charge on any atom is -0.368 e. The van der Waals surface area contributed by atoms with Gasteiger partial charge in [0.25, 0.3) is 0 Å². The first-order valence-electron chi connectivity index (χ1n) is 10.0. The summed E-state index contributed by atoms with van der Waals surface area (Å²) in [7, 11) is -3.18. The Bertz CT molecular complexity index is 1050. The van der Waals surface area contributed by atoms with Gasteiger partial charge in [0.15, 0.2) is 0 Å². The van der Waals surface area contributed by atoms with E-state index in [1.165, 1.54) is 4.31 Å². The van der Waals surface area contributed by atoms with E-state index in [-0.39, 0.29) is 11.7 Å². The predicted molar refractivity (Wildman–Crippen MR) is 121 cm³/mol. The van der Waals surface area contributed by atoms with Crippen molar-refractivity contribution in [3.05, 3.63) is 65.2 Å². The number of rotatable bonds is 4. The van der Waals surface area contributed by atoms with Gasteiger partial charge in [-0.05, 0) is 48.4 Å². The fourth-order valence-corrected chi connectivity index (χ4v) is 5.56. The number of halogens is 1. The van der Waals surface area contributed by atoms with Crippen molar-refractivity contribution < 1.29 is 13.2 Å². The van der Waals surface area contributed by atoms with Crippen LogP contribution in [0.5, 0.6) is 0 Å². The van der Waals surface area contributed by atoms with Crippen LogP contribution < -0.4 is 9.21 Å². The summed E-state index contributed by atoms with van der Waals surface area (Å²) in [4.78, 5) is 16.6. The van der Waals surface area contributed by atoms with E-state index >= 15 is 0 Å². The number of carbonyl (C=O) groups is 1. The molecule has 0 bridgehead atoms. The second-order valence-corrected chi connectivity index (χ2v) is 9.91. The number of piperazine rings is 1. The summed E-state index contributed by atoms with van der Waals surface area (Å²) in [5, 5.41) is 0.710. The van der Waals surface area contributed by atoms with Crippen molar-refractivity contribution in [2.45, 2.75) is 6.42 Å². The summed E-state index contributed by atoms with van der Waals surface area (Å²) >= 11 is 6.07. The topological polar surface area (TPSA) is 60.9 Å². The average molecular weight is 446 g/mol. The molecule has 0 aromatic heterocycles. The lowest BCUT2D eigenvalue weighted by Crippen LogP contribution is -2.48. The Morgan fingerprint density at radius 2 is 1.67 bits per heavy atom. The highest BCUT2D eigenvalue weighted by atomic mass is 35.5. The summed E-state index contributed by atoms with van der Waals surface area (Å²) in [6, 6.07) is 15.0. The highest BCUT2D eigenvalue weighted by Crippen LogP contribution is 2.24. The molecule has 2 aliphatic heterocycles. The maximum Gasteiger partial charge on any atom is 0.246 e. The van der Waals surface area contributed by atoms with E-state index in [0.717, 1.165) is 24.3 Å². The van der Waals surface area contributed by atoms with Crippen LogP contribution in [0.4, 0.5) is 11.4 Å². The van der Waals surface area contributed by atoms with Crippen LogP contribution in [0, 0.1) is 0 Å². The van der Waals surface area contributed by atoms with Crippen molar-refractivity contribution in [3.63, 3.8) is 0 Å². The van der Waals surface area contributed by atoms with Crippen LogP contribution in [0.1, 0.15) is 12.0 Å². The molecular weight excluding hydrogens is 422 g/mol. The molecule has 0 spiro atoms. The molecule has 30 heavy (non-hydrogen) atoms. The molecule has 0 saturated carbocycles. The van der Waals surface area contributed by atoms with Crippen molar-refractivity contribution in [1.29, 1.82) is 0 Å². The molecule has 0 unspecified atom stereocenters. The monoisotopic (exact) mass is 445 g/mol. The van der Waals surface area contributed by atoms with Crippen molar-refractivity contribution in [1.82, 2.24) is 4.90 Å². The van der Waals surface area contributed by atoms with E-state index in [0.29, 0.717) is 36.8 Å². The van der Waals surface area contributed by atoms with Gasteiger partial charge in [0.05, 0.1) is 11.4 Å². The number of carbonyl (C=O) groups excluding carboxylic acids is 1. The molecular formula is C22H24ClN3O3S. The van der Waals surface area contributed by atoms with E-state index in [1.807, 2.05) is 41.3 Å². The SMILES string of the molecule is O=C(/C=C/c1ccc(N2CCCS2(=O)=O)cc1)N1CCN(c2cccc(Cl)c2)CC1. The van der Waals surface area contributed by atoms with E-state index < -0.39 is 10.0 Å². The van der Waals surface area contributed by atoms with Gasteiger partial charge in [0.1, 0.15) is 0 Å². The molecule has 2 saturated heterocycles. The van der Waals surface area contributed by atoms with Gasteiger partial charge in [-0.1, -0.05) is 29.8 Å². The Morgan fingerprint density at radius 3 is 2.30 bits per heavy atom. The molecule has 2 aromatic carbocycles.